The fraction of sp³-hybridized carbons (Fsp3) is 0.235. The molecule has 0 aromatic heterocycles. The molecule has 0 aliphatic carbocycles. The Labute approximate surface area is 123 Å². The van der Waals surface area contributed by atoms with Crippen LogP contribution in [0.5, 0.6) is 5.75 Å². The van der Waals surface area contributed by atoms with Gasteiger partial charge < -0.3 is 9.84 Å². The molecule has 2 aromatic rings. The van der Waals surface area contributed by atoms with E-state index >= 15 is 0 Å². The maximum Gasteiger partial charge on any atom is 0.303 e. The highest BCUT2D eigenvalue weighted by Gasteiger charge is 2.13. The minimum absolute atomic E-state index is 0.0170. The Balaban J connectivity index is 2.41. The Bertz CT molecular complexity index is 652. The molecule has 1 unspecified atom stereocenters. The van der Waals surface area contributed by atoms with Crippen LogP contribution in [-0.2, 0) is 4.79 Å². The van der Waals surface area contributed by atoms with E-state index in [0.29, 0.717) is 16.9 Å². The van der Waals surface area contributed by atoms with Gasteiger partial charge in [-0.15, -0.1) is 0 Å². The minimum Gasteiger partial charge on any atom is -0.497 e. The van der Waals surface area contributed by atoms with Crippen LogP contribution < -0.4 is 4.74 Å². The highest BCUT2D eigenvalue weighted by atomic mass is 19.1. The lowest BCUT2D eigenvalue weighted by atomic mass is 9.94. The van der Waals surface area contributed by atoms with E-state index in [4.69, 9.17) is 9.84 Å². The van der Waals surface area contributed by atoms with E-state index in [2.05, 4.69) is 0 Å². The first kappa shape index (κ1) is 15.0. The molecule has 21 heavy (non-hydrogen) atoms. The number of hydrogen-bond donors (Lipinski definition) is 1. The highest BCUT2D eigenvalue weighted by Crippen LogP contribution is 2.30. The fourth-order valence-corrected chi connectivity index (χ4v) is 2.24. The van der Waals surface area contributed by atoms with E-state index in [1.165, 1.54) is 6.07 Å². The molecular weight excluding hydrogens is 271 g/mol. The number of ether oxygens (including phenoxy) is 1. The van der Waals surface area contributed by atoms with E-state index in [9.17, 15) is 9.18 Å². The van der Waals surface area contributed by atoms with Gasteiger partial charge in [-0.25, -0.2) is 4.39 Å². The Morgan fingerprint density at radius 1 is 1.29 bits per heavy atom. The number of benzene rings is 2. The van der Waals surface area contributed by atoms with Crippen LogP contribution >= 0.6 is 0 Å². The summed E-state index contributed by atoms with van der Waals surface area (Å²) in [7, 11) is 1.56. The first-order chi connectivity index (χ1) is 10.0. The van der Waals surface area contributed by atoms with Crippen molar-refractivity contribution >= 4 is 5.97 Å². The summed E-state index contributed by atoms with van der Waals surface area (Å²) in [5, 5.41) is 8.86. The van der Waals surface area contributed by atoms with Crippen LogP contribution in [0.1, 0.15) is 24.8 Å². The topological polar surface area (TPSA) is 46.5 Å². The summed E-state index contributed by atoms with van der Waals surface area (Å²) in [5.74, 6) is -0.729. The molecule has 0 fully saturated rings. The summed E-state index contributed by atoms with van der Waals surface area (Å²) in [5.41, 5.74) is 1.96. The Morgan fingerprint density at radius 3 is 2.71 bits per heavy atom. The van der Waals surface area contributed by atoms with Gasteiger partial charge in [0.1, 0.15) is 11.6 Å². The first-order valence-electron chi connectivity index (χ1n) is 6.67. The van der Waals surface area contributed by atoms with Crippen LogP contribution in [-0.4, -0.2) is 18.2 Å². The monoisotopic (exact) mass is 288 g/mol. The maximum atomic E-state index is 14.1. The lowest BCUT2D eigenvalue weighted by Gasteiger charge is -2.12. The number of carboxylic acids is 1. The molecule has 0 saturated heterocycles. The first-order valence-corrected chi connectivity index (χ1v) is 6.67. The molecule has 0 heterocycles. The maximum absolute atomic E-state index is 14.1. The van der Waals surface area contributed by atoms with Gasteiger partial charge in [0.05, 0.1) is 13.5 Å². The Kier molecular flexibility index (Phi) is 4.58. The molecule has 0 amide bonds. The lowest BCUT2D eigenvalue weighted by molar-refractivity contribution is -0.137. The van der Waals surface area contributed by atoms with Gasteiger partial charge in [0.15, 0.2) is 0 Å². The smallest absolute Gasteiger partial charge is 0.303 e. The number of methoxy groups -OCH3 is 1. The molecule has 1 N–H and O–H groups in total. The third kappa shape index (κ3) is 3.60. The lowest BCUT2D eigenvalue weighted by Crippen LogP contribution is -2.03. The van der Waals surface area contributed by atoms with Crippen molar-refractivity contribution in [3.05, 3.63) is 53.8 Å². The normalized spacial score (nSPS) is 12.0. The molecule has 0 aliphatic rings. The summed E-state index contributed by atoms with van der Waals surface area (Å²) in [4.78, 5) is 10.8. The SMILES string of the molecule is COc1cccc(-c2cc(C(C)CC(=O)O)ccc2F)c1. The van der Waals surface area contributed by atoms with E-state index in [0.717, 1.165) is 5.56 Å². The van der Waals surface area contributed by atoms with Gasteiger partial charge in [-0.3, -0.25) is 4.79 Å². The van der Waals surface area contributed by atoms with E-state index < -0.39 is 5.97 Å². The van der Waals surface area contributed by atoms with Crippen LogP contribution in [0.15, 0.2) is 42.5 Å². The summed E-state index contributed by atoms with van der Waals surface area (Å²) < 4.78 is 19.2. The minimum atomic E-state index is -0.866. The van der Waals surface area contributed by atoms with Crippen LogP contribution in [0.4, 0.5) is 4.39 Å². The number of aliphatic carboxylic acids is 1. The van der Waals surface area contributed by atoms with Crippen LogP contribution in [0, 0.1) is 5.82 Å². The van der Waals surface area contributed by atoms with Crippen LogP contribution in [0.25, 0.3) is 11.1 Å². The standard InChI is InChI=1S/C17H17FO3/c1-11(8-17(19)20)12-6-7-16(18)15(10-12)13-4-3-5-14(9-13)21-2/h3-7,9-11H,8H2,1-2H3,(H,19,20). The number of halogens is 1. The summed E-state index contributed by atoms with van der Waals surface area (Å²) in [6.07, 6.45) is 0.0170. The molecule has 0 spiro atoms. The van der Waals surface area contributed by atoms with Gasteiger partial charge in [-0.1, -0.05) is 25.1 Å². The second kappa shape index (κ2) is 6.39. The molecule has 1 atom stereocenters. The summed E-state index contributed by atoms with van der Waals surface area (Å²) >= 11 is 0. The van der Waals surface area contributed by atoms with Crippen molar-refractivity contribution in [1.82, 2.24) is 0 Å². The second-order valence-corrected chi connectivity index (χ2v) is 4.97. The molecule has 110 valence electrons. The van der Waals surface area contributed by atoms with Gasteiger partial charge >= 0.3 is 5.97 Å². The predicted octanol–water partition coefficient (Wildman–Crippen LogP) is 4.08. The zero-order valence-corrected chi connectivity index (χ0v) is 12.0. The van der Waals surface area contributed by atoms with Gasteiger partial charge in [-0.2, -0.15) is 0 Å². The average molecular weight is 288 g/mol. The van der Waals surface area contributed by atoms with Crippen molar-refractivity contribution in [3.63, 3.8) is 0 Å². The van der Waals surface area contributed by atoms with Crippen LogP contribution in [0.2, 0.25) is 0 Å². The molecule has 4 heteroatoms. The zero-order valence-electron chi connectivity index (χ0n) is 12.0. The van der Waals surface area contributed by atoms with E-state index in [-0.39, 0.29) is 18.2 Å². The van der Waals surface area contributed by atoms with Crippen LogP contribution in [0.3, 0.4) is 0 Å². The molecule has 2 aromatic carbocycles. The Hall–Kier alpha value is -2.36. The predicted molar refractivity (Wildman–Crippen MR) is 79.1 cm³/mol. The van der Waals surface area contributed by atoms with Crippen molar-refractivity contribution in [1.29, 1.82) is 0 Å². The molecule has 3 nitrogen and oxygen atoms in total. The summed E-state index contributed by atoms with van der Waals surface area (Å²) in [6, 6.07) is 11.8. The highest BCUT2D eigenvalue weighted by molar-refractivity contribution is 5.69. The van der Waals surface area contributed by atoms with Crippen molar-refractivity contribution in [2.75, 3.05) is 7.11 Å². The van der Waals surface area contributed by atoms with E-state index in [1.54, 1.807) is 43.5 Å². The largest absolute Gasteiger partial charge is 0.497 e. The van der Waals surface area contributed by atoms with Crippen molar-refractivity contribution in [2.45, 2.75) is 19.3 Å². The van der Waals surface area contributed by atoms with Gasteiger partial charge in [0.25, 0.3) is 0 Å². The number of carboxylic acid groups (broad SMARTS) is 1. The number of hydrogen-bond acceptors (Lipinski definition) is 2. The summed E-state index contributed by atoms with van der Waals surface area (Å²) in [6.45, 7) is 1.82. The van der Waals surface area contributed by atoms with Gasteiger partial charge in [-0.05, 0) is 41.3 Å². The quantitative estimate of drug-likeness (QED) is 0.901. The number of carbonyl (C=O) groups is 1. The molecule has 0 radical (unpaired) electrons. The molecular formula is C17H17FO3. The number of rotatable bonds is 5. The molecule has 2 rings (SSSR count). The van der Waals surface area contributed by atoms with Crippen molar-refractivity contribution < 1.29 is 19.0 Å². The Morgan fingerprint density at radius 2 is 2.05 bits per heavy atom. The third-order valence-corrected chi connectivity index (χ3v) is 3.42. The second-order valence-electron chi connectivity index (χ2n) is 4.97. The van der Waals surface area contributed by atoms with Gasteiger partial charge in [0.2, 0.25) is 0 Å². The van der Waals surface area contributed by atoms with Crippen molar-refractivity contribution in [2.24, 2.45) is 0 Å². The molecule has 0 aliphatic heterocycles. The van der Waals surface area contributed by atoms with Crippen molar-refractivity contribution in [3.8, 4) is 16.9 Å². The zero-order chi connectivity index (χ0) is 15.4. The van der Waals surface area contributed by atoms with E-state index in [1.807, 2.05) is 6.92 Å². The molecule has 0 bridgehead atoms. The van der Waals surface area contributed by atoms with Gasteiger partial charge in [0, 0.05) is 5.56 Å². The third-order valence-electron chi connectivity index (χ3n) is 3.42. The average Bonchev–Trinajstić information content (AvgIpc) is 2.47. The molecule has 0 saturated carbocycles. The fourth-order valence-electron chi connectivity index (χ4n) is 2.24.